The average Bonchev–Trinajstić information content (AvgIpc) is 2.95. The topological polar surface area (TPSA) is 54.7 Å². The van der Waals surface area contributed by atoms with Crippen LogP contribution in [0.3, 0.4) is 0 Å². The van der Waals surface area contributed by atoms with Gasteiger partial charge >= 0.3 is 0 Å². The standard InChI is InChI=1S/C19H24N2O3/c1-14-12-17(15(2)24-14)19(22)20-13-18(16-6-4-3-5-7-16)21-8-10-23-11-9-21/h3-7,12,18H,8-11,13H2,1-2H3,(H,20,22). The summed E-state index contributed by atoms with van der Waals surface area (Å²) in [5.41, 5.74) is 1.82. The summed E-state index contributed by atoms with van der Waals surface area (Å²) in [5.74, 6) is 1.33. The molecule has 1 aliphatic rings. The predicted octanol–water partition coefficient (Wildman–Crippen LogP) is 2.70. The van der Waals surface area contributed by atoms with E-state index in [4.69, 9.17) is 9.15 Å². The molecule has 1 amide bonds. The van der Waals surface area contributed by atoms with Crippen LogP contribution in [0.25, 0.3) is 0 Å². The lowest BCUT2D eigenvalue weighted by atomic mass is 10.0. The van der Waals surface area contributed by atoms with Crippen molar-refractivity contribution in [1.82, 2.24) is 10.2 Å². The van der Waals surface area contributed by atoms with Gasteiger partial charge in [-0.05, 0) is 25.5 Å². The van der Waals surface area contributed by atoms with E-state index in [9.17, 15) is 4.79 Å². The van der Waals surface area contributed by atoms with Crippen molar-refractivity contribution in [3.05, 3.63) is 59.0 Å². The maximum Gasteiger partial charge on any atom is 0.254 e. The van der Waals surface area contributed by atoms with Crippen LogP contribution in [0.15, 0.2) is 40.8 Å². The second-order valence-electron chi connectivity index (χ2n) is 6.11. The molecule has 0 saturated carbocycles. The molecule has 128 valence electrons. The molecule has 5 heteroatoms. The number of furan rings is 1. The first kappa shape index (κ1) is 16.7. The van der Waals surface area contributed by atoms with Gasteiger partial charge in [-0.2, -0.15) is 0 Å². The van der Waals surface area contributed by atoms with Gasteiger partial charge in [0.15, 0.2) is 0 Å². The van der Waals surface area contributed by atoms with E-state index in [0.717, 1.165) is 32.1 Å². The van der Waals surface area contributed by atoms with Gasteiger partial charge in [-0.25, -0.2) is 0 Å². The van der Waals surface area contributed by atoms with Gasteiger partial charge in [0, 0.05) is 19.6 Å². The summed E-state index contributed by atoms with van der Waals surface area (Å²) in [4.78, 5) is 14.9. The number of carbonyl (C=O) groups is 1. The Morgan fingerprint density at radius 2 is 1.92 bits per heavy atom. The van der Waals surface area contributed by atoms with Crippen LogP contribution < -0.4 is 5.32 Å². The van der Waals surface area contributed by atoms with E-state index in [0.29, 0.717) is 17.9 Å². The maximum atomic E-state index is 12.5. The van der Waals surface area contributed by atoms with Gasteiger partial charge in [0.1, 0.15) is 11.5 Å². The molecule has 2 heterocycles. The highest BCUT2D eigenvalue weighted by atomic mass is 16.5. The minimum Gasteiger partial charge on any atom is -0.466 e. The number of morpholine rings is 1. The van der Waals surface area contributed by atoms with Crippen molar-refractivity contribution in [2.45, 2.75) is 19.9 Å². The normalized spacial score (nSPS) is 16.8. The largest absolute Gasteiger partial charge is 0.466 e. The van der Waals surface area contributed by atoms with E-state index in [1.165, 1.54) is 5.56 Å². The second-order valence-corrected chi connectivity index (χ2v) is 6.11. The van der Waals surface area contributed by atoms with Crippen molar-refractivity contribution < 1.29 is 13.9 Å². The molecular formula is C19H24N2O3. The zero-order valence-corrected chi connectivity index (χ0v) is 14.2. The Morgan fingerprint density at radius 1 is 1.21 bits per heavy atom. The van der Waals surface area contributed by atoms with Crippen molar-refractivity contribution in [2.75, 3.05) is 32.8 Å². The summed E-state index contributed by atoms with van der Waals surface area (Å²) >= 11 is 0. The third kappa shape index (κ3) is 3.86. The van der Waals surface area contributed by atoms with Crippen LogP contribution in [0.1, 0.15) is 33.5 Å². The van der Waals surface area contributed by atoms with Crippen molar-refractivity contribution >= 4 is 5.91 Å². The molecule has 1 saturated heterocycles. The molecule has 1 aromatic heterocycles. The van der Waals surface area contributed by atoms with E-state index < -0.39 is 0 Å². The Labute approximate surface area is 142 Å². The Kier molecular flexibility index (Phi) is 5.33. The smallest absolute Gasteiger partial charge is 0.254 e. The Bertz CT molecular complexity index is 675. The molecule has 1 unspecified atom stereocenters. The van der Waals surface area contributed by atoms with Gasteiger partial charge in [0.25, 0.3) is 5.91 Å². The number of nitrogens with zero attached hydrogens (tertiary/aromatic N) is 1. The molecular weight excluding hydrogens is 304 g/mol. The average molecular weight is 328 g/mol. The lowest BCUT2D eigenvalue weighted by Gasteiger charge is -2.34. The van der Waals surface area contributed by atoms with Crippen LogP contribution in [0.2, 0.25) is 0 Å². The van der Waals surface area contributed by atoms with E-state index in [-0.39, 0.29) is 11.9 Å². The molecule has 0 aliphatic carbocycles. The van der Waals surface area contributed by atoms with Crippen LogP contribution in [-0.2, 0) is 4.74 Å². The number of hydrogen-bond donors (Lipinski definition) is 1. The molecule has 1 fully saturated rings. The summed E-state index contributed by atoms with van der Waals surface area (Å²) in [6.45, 7) is 7.45. The van der Waals surface area contributed by atoms with Crippen LogP contribution in [0.5, 0.6) is 0 Å². The third-order valence-corrected chi connectivity index (χ3v) is 4.41. The van der Waals surface area contributed by atoms with Crippen LogP contribution in [0.4, 0.5) is 0 Å². The highest BCUT2D eigenvalue weighted by Crippen LogP contribution is 2.21. The third-order valence-electron chi connectivity index (χ3n) is 4.41. The van der Waals surface area contributed by atoms with Crippen LogP contribution in [-0.4, -0.2) is 43.7 Å². The first-order valence-corrected chi connectivity index (χ1v) is 8.37. The first-order valence-electron chi connectivity index (χ1n) is 8.37. The highest BCUT2D eigenvalue weighted by Gasteiger charge is 2.24. The minimum absolute atomic E-state index is 0.0847. The molecule has 1 aliphatic heterocycles. The molecule has 0 bridgehead atoms. The van der Waals surface area contributed by atoms with Crippen molar-refractivity contribution in [2.24, 2.45) is 0 Å². The summed E-state index contributed by atoms with van der Waals surface area (Å²) in [7, 11) is 0. The van der Waals surface area contributed by atoms with Gasteiger partial charge in [-0.3, -0.25) is 9.69 Å². The number of amides is 1. The van der Waals surface area contributed by atoms with Crippen LogP contribution >= 0.6 is 0 Å². The fourth-order valence-electron chi connectivity index (χ4n) is 3.16. The van der Waals surface area contributed by atoms with Crippen molar-refractivity contribution in [3.8, 4) is 0 Å². The van der Waals surface area contributed by atoms with Crippen molar-refractivity contribution in [3.63, 3.8) is 0 Å². The number of carbonyl (C=O) groups excluding carboxylic acids is 1. The van der Waals surface area contributed by atoms with Gasteiger partial charge in [-0.15, -0.1) is 0 Å². The van der Waals surface area contributed by atoms with E-state index in [2.05, 4.69) is 22.3 Å². The minimum atomic E-state index is -0.0847. The van der Waals surface area contributed by atoms with Gasteiger partial charge in [0.2, 0.25) is 0 Å². The Balaban J connectivity index is 1.72. The zero-order chi connectivity index (χ0) is 16.9. The number of nitrogens with one attached hydrogen (secondary N) is 1. The Morgan fingerprint density at radius 3 is 2.54 bits per heavy atom. The fourth-order valence-corrected chi connectivity index (χ4v) is 3.16. The number of hydrogen-bond acceptors (Lipinski definition) is 4. The molecule has 3 rings (SSSR count). The molecule has 5 nitrogen and oxygen atoms in total. The van der Waals surface area contributed by atoms with Gasteiger partial charge < -0.3 is 14.5 Å². The number of ether oxygens (including phenoxy) is 1. The number of benzene rings is 1. The van der Waals surface area contributed by atoms with Crippen molar-refractivity contribution in [1.29, 1.82) is 0 Å². The van der Waals surface area contributed by atoms with E-state index in [1.54, 1.807) is 6.07 Å². The predicted molar refractivity (Wildman–Crippen MR) is 92.1 cm³/mol. The summed E-state index contributed by atoms with van der Waals surface area (Å²) < 4.78 is 10.9. The van der Waals surface area contributed by atoms with Gasteiger partial charge in [-0.1, -0.05) is 30.3 Å². The fraction of sp³-hybridized carbons (Fsp3) is 0.421. The second kappa shape index (κ2) is 7.64. The molecule has 1 atom stereocenters. The first-order chi connectivity index (χ1) is 11.6. The lowest BCUT2D eigenvalue weighted by Crippen LogP contribution is -2.43. The number of aryl methyl sites for hydroxylation is 2. The molecule has 0 radical (unpaired) electrons. The Hall–Kier alpha value is -2.11. The van der Waals surface area contributed by atoms with E-state index >= 15 is 0 Å². The van der Waals surface area contributed by atoms with Crippen LogP contribution in [0, 0.1) is 13.8 Å². The molecule has 2 aromatic rings. The summed E-state index contributed by atoms with van der Waals surface area (Å²) in [6, 6.07) is 12.2. The lowest BCUT2D eigenvalue weighted by molar-refractivity contribution is 0.0162. The molecule has 1 aromatic carbocycles. The number of rotatable bonds is 5. The monoisotopic (exact) mass is 328 g/mol. The summed E-state index contributed by atoms with van der Waals surface area (Å²) in [5, 5.41) is 3.07. The highest BCUT2D eigenvalue weighted by molar-refractivity contribution is 5.95. The molecule has 24 heavy (non-hydrogen) atoms. The SMILES string of the molecule is Cc1cc(C(=O)NCC(c2ccccc2)N2CCOCC2)c(C)o1. The van der Waals surface area contributed by atoms with E-state index in [1.807, 2.05) is 32.0 Å². The maximum absolute atomic E-state index is 12.5. The molecule has 1 N–H and O–H groups in total. The van der Waals surface area contributed by atoms with Gasteiger partial charge in [0.05, 0.1) is 24.8 Å². The molecule has 0 spiro atoms. The zero-order valence-electron chi connectivity index (χ0n) is 14.2. The summed E-state index contributed by atoms with van der Waals surface area (Å²) in [6.07, 6.45) is 0. The quantitative estimate of drug-likeness (QED) is 0.917.